The molecule has 0 spiro atoms. The van der Waals surface area contributed by atoms with Crippen LogP contribution in [0.4, 0.5) is 0 Å². The first-order valence-electron chi connectivity index (χ1n) is 5.32. The predicted octanol–water partition coefficient (Wildman–Crippen LogP) is 2.20. The van der Waals surface area contributed by atoms with Crippen LogP contribution in [-0.2, 0) is 0 Å². The van der Waals surface area contributed by atoms with Crippen molar-refractivity contribution >= 4 is 17.2 Å². The van der Waals surface area contributed by atoms with E-state index in [1.165, 1.54) is 0 Å². The van der Waals surface area contributed by atoms with Gasteiger partial charge in [0, 0.05) is 11.9 Å². The quantitative estimate of drug-likeness (QED) is 0.840. The minimum Gasteiger partial charge on any atom is -0.392 e. The molecule has 0 saturated heterocycles. The van der Waals surface area contributed by atoms with Crippen molar-refractivity contribution in [1.29, 1.82) is 0 Å². The Balaban J connectivity index is 2.47. The molecule has 86 valence electrons. The topological polar surface area (TPSA) is 51.8 Å². The third-order valence-electron chi connectivity index (χ3n) is 2.47. The number of aromatic nitrogens is 2. The van der Waals surface area contributed by atoms with Crippen LogP contribution in [0.1, 0.15) is 23.0 Å². The standard InChI is InChI=1S/C13H13N3S/c1-9-5-4-7-11(16-9)12(13(14)17)10-6-2-3-8-15-10/h2-8,12H,1H3,(H2,14,17). The Morgan fingerprint density at radius 1 is 1.18 bits per heavy atom. The number of aryl methyl sites for hydroxylation is 1. The molecule has 2 rings (SSSR count). The minimum atomic E-state index is -0.217. The van der Waals surface area contributed by atoms with E-state index in [1.54, 1.807) is 6.20 Å². The zero-order valence-electron chi connectivity index (χ0n) is 9.50. The lowest BCUT2D eigenvalue weighted by molar-refractivity contribution is 0.932. The molecule has 0 aliphatic heterocycles. The molecular weight excluding hydrogens is 230 g/mol. The molecule has 0 radical (unpaired) electrons. The van der Waals surface area contributed by atoms with Crippen molar-refractivity contribution in [3.63, 3.8) is 0 Å². The summed E-state index contributed by atoms with van der Waals surface area (Å²) in [7, 11) is 0. The fourth-order valence-electron chi connectivity index (χ4n) is 1.71. The Morgan fingerprint density at radius 3 is 2.53 bits per heavy atom. The Morgan fingerprint density at radius 2 is 1.94 bits per heavy atom. The average Bonchev–Trinajstić information content (AvgIpc) is 2.30. The van der Waals surface area contributed by atoms with E-state index in [-0.39, 0.29) is 5.92 Å². The van der Waals surface area contributed by atoms with Gasteiger partial charge in [-0.1, -0.05) is 24.4 Å². The highest BCUT2D eigenvalue weighted by atomic mass is 32.1. The summed E-state index contributed by atoms with van der Waals surface area (Å²) in [5, 5.41) is 0. The lowest BCUT2D eigenvalue weighted by Gasteiger charge is -2.14. The van der Waals surface area contributed by atoms with Gasteiger partial charge in [-0.05, 0) is 31.2 Å². The number of pyridine rings is 2. The summed E-state index contributed by atoms with van der Waals surface area (Å²) in [6.07, 6.45) is 1.73. The molecular formula is C13H13N3S. The Labute approximate surface area is 106 Å². The molecule has 0 aromatic carbocycles. The second-order valence-corrected chi connectivity index (χ2v) is 4.27. The molecule has 2 heterocycles. The fraction of sp³-hybridized carbons (Fsp3) is 0.154. The summed E-state index contributed by atoms with van der Waals surface area (Å²) in [4.78, 5) is 9.15. The van der Waals surface area contributed by atoms with Gasteiger partial charge in [-0.2, -0.15) is 0 Å². The zero-order valence-corrected chi connectivity index (χ0v) is 10.3. The zero-order chi connectivity index (χ0) is 12.3. The average molecular weight is 243 g/mol. The van der Waals surface area contributed by atoms with E-state index in [0.717, 1.165) is 17.1 Å². The largest absolute Gasteiger partial charge is 0.392 e. The van der Waals surface area contributed by atoms with Crippen LogP contribution in [-0.4, -0.2) is 15.0 Å². The molecule has 17 heavy (non-hydrogen) atoms. The van der Waals surface area contributed by atoms with Crippen molar-refractivity contribution in [2.45, 2.75) is 12.8 Å². The van der Waals surface area contributed by atoms with Crippen LogP contribution in [0.5, 0.6) is 0 Å². The maximum absolute atomic E-state index is 5.80. The van der Waals surface area contributed by atoms with Gasteiger partial charge in [0.05, 0.1) is 22.3 Å². The van der Waals surface area contributed by atoms with Gasteiger partial charge in [0.2, 0.25) is 0 Å². The van der Waals surface area contributed by atoms with E-state index in [9.17, 15) is 0 Å². The molecule has 0 bridgehead atoms. The summed E-state index contributed by atoms with van der Waals surface area (Å²) in [5.74, 6) is -0.217. The first kappa shape index (κ1) is 11.7. The monoisotopic (exact) mass is 243 g/mol. The van der Waals surface area contributed by atoms with Crippen LogP contribution in [0.15, 0.2) is 42.6 Å². The molecule has 0 amide bonds. The molecule has 0 fully saturated rings. The van der Waals surface area contributed by atoms with Crippen molar-refractivity contribution in [1.82, 2.24) is 9.97 Å². The van der Waals surface area contributed by atoms with Gasteiger partial charge in [-0.25, -0.2) is 0 Å². The highest BCUT2D eigenvalue weighted by Gasteiger charge is 2.19. The van der Waals surface area contributed by atoms with Gasteiger partial charge in [0.15, 0.2) is 0 Å². The number of hydrogen-bond donors (Lipinski definition) is 1. The highest BCUT2D eigenvalue weighted by molar-refractivity contribution is 7.80. The van der Waals surface area contributed by atoms with E-state index in [1.807, 2.05) is 43.3 Å². The summed E-state index contributed by atoms with van der Waals surface area (Å²) >= 11 is 5.12. The number of nitrogens with zero attached hydrogens (tertiary/aromatic N) is 2. The predicted molar refractivity (Wildman–Crippen MR) is 71.8 cm³/mol. The van der Waals surface area contributed by atoms with E-state index in [0.29, 0.717) is 4.99 Å². The molecule has 3 nitrogen and oxygen atoms in total. The van der Waals surface area contributed by atoms with Gasteiger partial charge in [-0.3, -0.25) is 9.97 Å². The van der Waals surface area contributed by atoms with E-state index >= 15 is 0 Å². The molecule has 2 aromatic rings. The van der Waals surface area contributed by atoms with E-state index in [2.05, 4.69) is 9.97 Å². The summed E-state index contributed by atoms with van der Waals surface area (Å²) < 4.78 is 0. The number of thiocarbonyl (C=S) groups is 1. The minimum absolute atomic E-state index is 0.217. The van der Waals surface area contributed by atoms with Gasteiger partial charge >= 0.3 is 0 Å². The maximum Gasteiger partial charge on any atom is 0.0935 e. The van der Waals surface area contributed by atoms with Crippen LogP contribution < -0.4 is 5.73 Å². The number of hydrogen-bond acceptors (Lipinski definition) is 3. The number of rotatable bonds is 3. The molecule has 1 atom stereocenters. The van der Waals surface area contributed by atoms with Crippen LogP contribution in [0.2, 0.25) is 0 Å². The molecule has 2 N–H and O–H groups in total. The summed E-state index contributed by atoms with van der Waals surface area (Å²) in [5.41, 5.74) is 8.42. The van der Waals surface area contributed by atoms with Gasteiger partial charge < -0.3 is 5.73 Å². The third-order valence-corrected chi connectivity index (χ3v) is 2.71. The van der Waals surface area contributed by atoms with Crippen molar-refractivity contribution in [2.75, 3.05) is 0 Å². The van der Waals surface area contributed by atoms with Crippen molar-refractivity contribution in [3.05, 3.63) is 59.7 Å². The summed E-state index contributed by atoms with van der Waals surface area (Å²) in [6, 6.07) is 11.5. The van der Waals surface area contributed by atoms with Gasteiger partial charge in [-0.15, -0.1) is 0 Å². The molecule has 2 aromatic heterocycles. The molecule has 4 heteroatoms. The molecule has 1 unspecified atom stereocenters. The Kier molecular flexibility index (Phi) is 3.44. The van der Waals surface area contributed by atoms with Crippen LogP contribution in [0, 0.1) is 6.92 Å². The second kappa shape index (κ2) is 5.01. The first-order chi connectivity index (χ1) is 8.18. The van der Waals surface area contributed by atoms with E-state index < -0.39 is 0 Å². The van der Waals surface area contributed by atoms with Crippen molar-refractivity contribution in [3.8, 4) is 0 Å². The SMILES string of the molecule is Cc1cccc(C(C(N)=S)c2ccccn2)n1. The smallest absolute Gasteiger partial charge is 0.0935 e. The molecule has 0 saturated carbocycles. The second-order valence-electron chi connectivity index (χ2n) is 3.79. The van der Waals surface area contributed by atoms with Crippen LogP contribution in [0.3, 0.4) is 0 Å². The van der Waals surface area contributed by atoms with E-state index in [4.69, 9.17) is 18.0 Å². The molecule has 0 aliphatic carbocycles. The van der Waals surface area contributed by atoms with Crippen molar-refractivity contribution in [2.24, 2.45) is 5.73 Å². The maximum atomic E-state index is 5.80. The number of nitrogens with two attached hydrogens (primary N) is 1. The van der Waals surface area contributed by atoms with Gasteiger partial charge in [0.25, 0.3) is 0 Å². The third kappa shape index (κ3) is 2.65. The first-order valence-corrected chi connectivity index (χ1v) is 5.73. The van der Waals surface area contributed by atoms with Gasteiger partial charge in [0.1, 0.15) is 0 Å². The van der Waals surface area contributed by atoms with Crippen LogP contribution in [0.25, 0.3) is 0 Å². The molecule has 0 aliphatic rings. The lowest BCUT2D eigenvalue weighted by Crippen LogP contribution is -2.22. The summed E-state index contributed by atoms with van der Waals surface area (Å²) in [6.45, 7) is 1.94. The normalized spacial score (nSPS) is 12.1. The van der Waals surface area contributed by atoms with Crippen molar-refractivity contribution < 1.29 is 0 Å². The lowest BCUT2D eigenvalue weighted by atomic mass is 10.00. The Hall–Kier alpha value is -1.81. The van der Waals surface area contributed by atoms with Crippen LogP contribution >= 0.6 is 12.2 Å². The Bertz CT molecular complexity index is 525. The fourth-order valence-corrected chi connectivity index (χ4v) is 1.96. The highest BCUT2D eigenvalue weighted by Crippen LogP contribution is 2.21.